The third kappa shape index (κ3) is 2.69. The molecule has 0 fully saturated rings. The molecule has 1 rings (SSSR count). The molecular weight excluding hydrogens is 294 g/mol. The van der Waals surface area contributed by atoms with E-state index in [0.717, 1.165) is 0 Å². The summed E-state index contributed by atoms with van der Waals surface area (Å²) in [6.07, 6.45) is 0. The summed E-state index contributed by atoms with van der Waals surface area (Å²) in [6.45, 7) is 1.25. The lowest BCUT2D eigenvalue weighted by atomic mass is 10.2. The first-order valence-electron chi connectivity index (χ1n) is 4.00. The van der Waals surface area contributed by atoms with Gasteiger partial charge in [-0.2, -0.15) is 16.8 Å². The van der Waals surface area contributed by atoms with Crippen LogP contribution in [0, 0.1) is 6.92 Å². The minimum absolute atomic E-state index is 0.0746. The molecule has 7 nitrogen and oxygen atoms in total. The second-order valence-corrected chi connectivity index (χ2v) is 6.33. The largest absolute Gasteiger partial charge is 0.397 e. The van der Waals surface area contributed by atoms with E-state index in [1.54, 1.807) is 0 Å². The topological polar surface area (TPSA) is 135 Å². The van der Waals surface area contributed by atoms with E-state index in [4.69, 9.17) is 26.4 Å². The van der Waals surface area contributed by atoms with Gasteiger partial charge >= 0.3 is 0 Å². The Kier molecular flexibility index (Phi) is 3.43. The van der Waals surface area contributed by atoms with Crippen molar-refractivity contribution in [1.82, 2.24) is 0 Å². The van der Waals surface area contributed by atoms with Crippen LogP contribution >= 0.6 is 11.6 Å². The van der Waals surface area contributed by atoms with E-state index in [1.165, 1.54) is 6.92 Å². The molecule has 0 aliphatic heterocycles. The maximum absolute atomic E-state index is 11.0. The molecule has 96 valence electrons. The molecule has 10 heteroatoms. The summed E-state index contributed by atoms with van der Waals surface area (Å²) in [5.41, 5.74) is 4.92. The second-order valence-electron chi connectivity index (χ2n) is 3.18. The normalized spacial score (nSPS) is 12.7. The lowest BCUT2D eigenvalue weighted by molar-refractivity contribution is 0.481. The number of rotatable bonds is 2. The highest BCUT2D eigenvalue weighted by atomic mass is 35.5. The van der Waals surface area contributed by atoms with Crippen molar-refractivity contribution >= 4 is 37.5 Å². The molecule has 0 bridgehead atoms. The van der Waals surface area contributed by atoms with Crippen LogP contribution in [0.2, 0.25) is 5.02 Å². The fourth-order valence-electron chi connectivity index (χ4n) is 1.15. The molecule has 0 saturated heterocycles. The monoisotopic (exact) mass is 301 g/mol. The van der Waals surface area contributed by atoms with Crippen molar-refractivity contribution in [1.29, 1.82) is 0 Å². The first kappa shape index (κ1) is 14.2. The van der Waals surface area contributed by atoms with Crippen molar-refractivity contribution in [3.8, 4) is 0 Å². The molecule has 17 heavy (non-hydrogen) atoms. The lowest BCUT2D eigenvalue weighted by Gasteiger charge is -2.10. The molecule has 1 aromatic rings. The van der Waals surface area contributed by atoms with E-state index in [-0.39, 0.29) is 11.3 Å². The number of anilines is 1. The summed E-state index contributed by atoms with van der Waals surface area (Å²) in [7, 11) is -9.43. The summed E-state index contributed by atoms with van der Waals surface area (Å²) in [5.74, 6) is 0. The molecule has 0 atom stereocenters. The Morgan fingerprint density at radius 1 is 1.12 bits per heavy atom. The van der Waals surface area contributed by atoms with Gasteiger partial charge in [-0.3, -0.25) is 9.11 Å². The number of halogens is 1. The Hall–Kier alpha value is -0.870. The van der Waals surface area contributed by atoms with E-state index in [2.05, 4.69) is 0 Å². The van der Waals surface area contributed by atoms with Crippen molar-refractivity contribution in [3.05, 3.63) is 16.7 Å². The van der Waals surface area contributed by atoms with Crippen LogP contribution in [0.1, 0.15) is 5.56 Å². The van der Waals surface area contributed by atoms with E-state index in [9.17, 15) is 16.8 Å². The van der Waals surface area contributed by atoms with Crippen LogP contribution in [0.5, 0.6) is 0 Å². The van der Waals surface area contributed by atoms with Crippen molar-refractivity contribution in [2.75, 3.05) is 5.73 Å². The molecule has 0 unspecified atom stereocenters. The zero-order chi connectivity index (χ0) is 13.6. The van der Waals surface area contributed by atoms with Gasteiger partial charge in [-0.15, -0.1) is 0 Å². The zero-order valence-corrected chi connectivity index (χ0v) is 10.8. The quantitative estimate of drug-likeness (QED) is 0.541. The number of hydrogen-bond acceptors (Lipinski definition) is 5. The minimum Gasteiger partial charge on any atom is -0.397 e. The minimum atomic E-state index is -4.72. The Morgan fingerprint density at radius 3 is 1.88 bits per heavy atom. The summed E-state index contributed by atoms with van der Waals surface area (Å²) in [6, 6.07) is 0.495. The van der Waals surface area contributed by atoms with Gasteiger partial charge in [0.2, 0.25) is 0 Å². The molecule has 0 aromatic heterocycles. The van der Waals surface area contributed by atoms with Gasteiger partial charge in [0.15, 0.2) is 0 Å². The second kappa shape index (κ2) is 4.10. The van der Waals surface area contributed by atoms with Gasteiger partial charge in [-0.05, 0) is 18.6 Å². The summed E-state index contributed by atoms with van der Waals surface area (Å²) >= 11 is 5.61. The fraction of sp³-hybridized carbons (Fsp3) is 0.143. The average molecular weight is 302 g/mol. The van der Waals surface area contributed by atoms with Crippen molar-refractivity contribution < 1.29 is 25.9 Å². The summed E-state index contributed by atoms with van der Waals surface area (Å²) < 4.78 is 61.5. The van der Waals surface area contributed by atoms with E-state index >= 15 is 0 Å². The first-order valence-corrected chi connectivity index (χ1v) is 7.25. The maximum Gasteiger partial charge on any atom is 0.296 e. The van der Waals surface area contributed by atoms with E-state index < -0.39 is 35.0 Å². The van der Waals surface area contributed by atoms with Gasteiger partial charge in [0.25, 0.3) is 20.2 Å². The predicted molar refractivity (Wildman–Crippen MR) is 60.2 cm³/mol. The number of nitrogen functional groups attached to an aromatic ring is 1. The molecule has 0 radical (unpaired) electrons. The van der Waals surface area contributed by atoms with Crippen LogP contribution in [-0.2, 0) is 20.2 Å². The molecule has 0 aliphatic rings. The van der Waals surface area contributed by atoms with Crippen molar-refractivity contribution in [2.45, 2.75) is 16.7 Å². The van der Waals surface area contributed by atoms with Gasteiger partial charge in [-0.25, -0.2) is 0 Å². The van der Waals surface area contributed by atoms with Crippen LogP contribution in [0.4, 0.5) is 5.69 Å². The van der Waals surface area contributed by atoms with Gasteiger partial charge in [0, 0.05) is 0 Å². The number of benzene rings is 1. The van der Waals surface area contributed by atoms with Gasteiger partial charge in [0.1, 0.15) is 9.79 Å². The Bertz CT molecular complexity index is 623. The van der Waals surface area contributed by atoms with Crippen LogP contribution in [-0.4, -0.2) is 25.9 Å². The molecular formula is C7H8ClNO6S2. The Balaban J connectivity index is 3.88. The van der Waals surface area contributed by atoms with Crippen LogP contribution in [0.25, 0.3) is 0 Å². The lowest BCUT2D eigenvalue weighted by Crippen LogP contribution is -2.09. The highest BCUT2D eigenvalue weighted by molar-refractivity contribution is 7.86. The van der Waals surface area contributed by atoms with Gasteiger partial charge in [-0.1, -0.05) is 11.6 Å². The van der Waals surface area contributed by atoms with E-state index in [1.807, 2.05) is 0 Å². The van der Waals surface area contributed by atoms with Gasteiger partial charge < -0.3 is 5.73 Å². The molecule has 0 spiro atoms. The Labute approximate surface area is 103 Å². The summed E-state index contributed by atoms with van der Waals surface area (Å²) in [4.78, 5) is -1.66. The molecule has 0 saturated carbocycles. The molecule has 0 amide bonds. The standard InChI is InChI=1S/C7H8ClNO6S2/c1-3-6(8)4(16(10,11)12)2-5(7(3)9)17(13,14)15/h2H,9H2,1H3,(H,10,11,12)(H,13,14,15). The van der Waals surface area contributed by atoms with Crippen LogP contribution < -0.4 is 5.73 Å². The highest BCUT2D eigenvalue weighted by Crippen LogP contribution is 2.34. The summed E-state index contributed by atoms with van der Waals surface area (Å²) in [5, 5.41) is -0.405. The molecule has 1 aromatic carbocycles. The average Bonchev–Trinajstić information content (AvgIpc) is 2.10. The number of nitrogens with two attached hydrogens (primary N) is 1. The maximum atomic E-state index is 11.0. The third-order valence-corrected chi connectivity index (χ3v) is 4.40. The smallest absolute Gasteiger partial charge is 0.296 e. The SMILES string of the molecule is Cc1c(N)c(S(=O)(=O)O)cc(S(=O)(=O)O)c1Cl. The van der Waals surface area contributed by atoms with Crippen molar-refractivity contribution in [3.63, 3.8) is 0 Å². The first-order chi connectivity index (χ1) is 7.46. The Morgan fingerprint density at radius 2 is 1.53 bits per heavy atom. The van der Waals surface area contributed by atoms with E-state index in [0.29, 0.717) is 6.07 Å². The predicted octanol–water partition coefficient (Wildman–Crippen LogP) is 0.724. The molecule has 0 aliphatic carbocycles. The highest BCUT2D eigenvalue weighted by Gasteiger charge is 2.25. The molecule has 0 heterocycles. The van der Waals surface area contributed by atoms with Gasteiger partial charge in [0.05, 0.1) is 10.7 Å². The van der Waals surface area contributed by atoms with Crippen LogP contribution in [0.3, 0.4) is 0 Å². The fourth-order valence-corrected chi connectivity index (χ4v) is 3.02. The molecule has 4 N–H and O–H groups in total. The zero-order valence-electron chi connectivity index (χ0n) is 8.38. The van der Waals surface area contributed by atoms with Crippen LogP contribution in [0.15, 0.2) is 15.9 Å². The van der Waals surface area contributed by atoms with Crippen molar-refractivity contribution in [2.24, 2.45) is 0 Å². The third-order valence-electron chi connectivity index (χ3n) is 2.03. The number of hydrogen-bond donors (Lipinski definition) is 3.